The molecule has 1 aromatic heterocycles. The lowest BCUT2D eigenvalue weighted by atomic mass is 9.84. The molecule has 1 saturated carbocycles. The molecule has 2 heterocycles. The van der Waals surface area contributed by atoms with Crippen molar-refractivity contribution in [2.24, 2.45) is 13.0 Å². The van der Waals surface area contributed by atoms with Crippen LogP contribution in [0.15, 0.2) is 16.9 Å². The molecular formula is C15H19N3O4. The summed E-state index contributed by atoms with van der Waals surface area (Å²) in [5, 5.41) is 13.4. The second-order valence-corrected chi connectivity index (χ2v) is 6.09. The first kappa shape index (κ1) is 14.7. The number of carbonyl (C=O) groups is 2. The molecular weight excluding hydrogens is 286 g/mol. The molecule has 1 N–H and O–H groups in total. The predicted molar refractivity (Wildman–Crippen MR) is 77.4 cm³/mol. The molecule has 1 saturated heterocycles. The molecule has 22 heavy (non-hydrogen) atoms. The van der Waals surface area contributed by atoms with Crippen molar-refractivity contribution in [3.8, 4) is 0 Å². The Bertz CT molecular complexity index is 669. The van der Waals surface area contributed by atoms with Gasteiger partial charge in [-0.05, 0) is 31.2 Å². The van der Waals surface area contributed by atoms with Crippen molar-refractivity contribution in [1.29, 1.82) is 0 Å². The molecule has 1 aromatic rings. The summed E-state index contributed by atoms with van der Waals surface area (Å²) >= 11 is 0. The minimum atomic E-state index is -0.965. The van der Waals surface area contributed by atoms with Crippen LogP contribution in [-0.2, 0) is 11.8 Å². The first-order valence-corrected chi connectivity index (χ1v) is 7.59. The third kappa shape index (κ3) is 2.40. The molecule has 0 bridgehead atoms. The molecule has 0 spiro atoms. The molecule has 3 atom stereocenters. The molecule has 3 rings (SSSR count). The number of aromatic nitrogens is 2. The zero-order chi connectivity index (χ0) is 15.9. The molecule has 2 fully saturated rings. The van der Waals surface area contributed by atoms with E-state index in [9.17, 15) is 19.5 Å². The van der Waals surface area contributed by atoms with Gasteiger partial charge in [-0.25, -0.2) is 9.48 Å². The highest BCUT2D eigenvalue weighted by atomic mass is 16.4. The van der Waals surface area contributed by atoms with Crippen molar-refractivity contribution in [1.82, 2.24) is 14.7 Å². The highest BCUT2D eigenvalue weighted by Crippen LogP contribution is 2.40. The second-order valence-electron chi connectivity index (χ2n) is 6.09. The van der Waals surface area contributed by atoms with Crippen LogP contribution in [0.4, 0.5) is 0 Å². The lowest BCUT2D eigenvalue weighted by Crippen LogP contribution is -2.46. The molecule has 1 aliphatic heterocycles. The first-order chi connectivity index (χ1) is 10.5. The van der Waals surface area contributed by atoms with Gasteiger partial charge in [0.1, 0.15) is 11.7 Å². The minimum Gasteiger partial charge on any atom is -0.480 e. The van der Waals surface area contributed by atoms with E-state index in [0.717, 1.165) is 30.4 Å². The van der Waals surface area contributed by atoms with E-state index in [1.54, 1.807) is 0 Å². The summed E-state index contributed by atoms with van der Waals surface area (Å²) in [6, 6.07) is 1.84. The minimum absolute atomic E-state index is 0.0265. The SMILES string of the molecule is Cn1nc(C(=O)N2[C@H](C(=O)O)C[C@H]3CCCC[C@@H]32)ccc1=O. The van der Waals surface area contributed by atoms with Gasteiger partial charge in [-0.15, -0.1) is 0 Å². The normalized spacial score (nSPS) is 27.5. The van der Waals surface area contributed by atoms with Crippen LogP contribution in [0.3, 0.4) is 0 Å². The number of carboxylic acids is 1. The summed E-state index contributed by atoms with van der Waals surface area (Å²) in [6.45, 7) is 0. The fourth-order valence-electron chi connectivity index (χ4n) is 3.72. The number of carbonyl (C=O) groups excluding carboxylic acids is 1. The van der Waals surface area contributed by atoms with E-state index >= 15 is 0 Å². The number of hydrogen-bond acceptors (Lipinski definition) is 4. The van der Waals surface area contributed by atoms with E-state index in [2.05, 4.69) is 5.10 Å². The number of hydrogen-bond donors (Lipinski definition) is 1. The number of nitrogens with zero attached hydrogens (tertiary/aromatic N) is 3. The molecule has 0 aromatic carbocycles. The number of amides is 1. The van der Waals surface area contributed by atoms with Crippen LogP contribution >= 0.6 is 0 Å². The largest absolute Gasteiger partial charge is 0.480 e. The lowest BCUT2D eigenvalue weighted by molar-refractivity contribution is -0.141. The summed E-state index contributed by atoms with van der Waals surface area (Å²) < 4.78 is 1.09. The Labute approximate surface area is 127 Å². The maximum Gasteiger partial charge on any atom is 0.326 e. The lowest BCUT2D eigenvalue weighted by Gasteiger charge is -2.32. The van der Waals surface area contributed by atoms with Crippen LogP contribution in [-0.4, -0.2) is 43.7 Å². The fourth-order valence-corrected chi connectivity index (χ4v) is 3.72. The average molecular weight is 305 g/mol. The van der Waals surface area contributed by atoms with Crippen molar-refractivity contribution in [2.45, 2.75) is 44.2 Å². The van der Waals surface area contributed by atoms with Gasteiger partial charge in [0, 0.05) is 19.2 Å². The van der Waals surface area contributed by atoms with Gasteiger partial charge in [-0.2, -0.15) is 5.10 Å². The third-order valence-corrected chi connectivity index (χ3v) is 4.79. The molecule has 118 valence electrons. The number of aliphatic carboxylic acids is 1. The fraction of sp³-hybridized carbons (Fsp3) is 0.600. The summed E-state index contributed by atoms with van der Waals surface area (Å²) in [5.74, 6) is -1.10. The van der Waals surface area contributed by atoms with E-state index < -0.39 is 17.9 Å². The van der Waals surface area contributed by atoms with E-state index in [4.69, 9.17) is 0 Å². The van der Waals surface area contributed by atoms with Gasteiger partial charge in [0.05, 0.1) is 0 Å². The van der Waals surface area contributed by atoms with Crippen LogP contribution < -0.4 is 5.56 Å². The summed E-state index contributed by atoms with van der Waals surface area (Å²) in [4.78, 5) is 37.2. The van der Waals surface area contributed by atoms with Crippen molar-refractivity contribution in [3.63, 3.8) is 0 Å². The van der Waals surface area contributed by atoms with Gasteiger partial charge in [0.2, 0.25) is 0 Å². The number of likely N-dealkylation sites (tertiary alicyclic amines) is 1. The Hall–Kier alpha value is -2.18. The smallest absolute Gasteiger partial charge is 0.326 e. The molecule has 1 aliphatic carbocycles. The Balaban J connectivity index is 1.95. The maximum absolute atomic E-state index is 12.8. The third-order valence-electron chi connectivity index (χ3n) is 4.79. The predicted octanol–water partition coefficient (Wildman–Crippen LogP) is 0.638. The number of rotatable bonds is 2. The average Bonchev–Trinajstić information content (AvgIpc) is 2.89. The summed E-state index contributed by atoms with van der Waals surface area (Å²) in [6.07, 6.45) is 4.42. The number of fused-ring (bicyclic) bond motifs is 1. The van der Waals surface area contributed by atoms with E-state index in [1.807, 2.05) is 0 Å². The zero-order valence-corrected chi connectivity index (χ0v) is 12.4. The molecule has 0 unspecified atom stereocenters. The van der Waals surface area contributed by atoms with Gasteiger partial charge in [0.15, 0.2) is 0 Å². The Kier molecular flexibility index (Phi) is 3.72. The Morgan fingerprint density at radius 1 is 1.27 bits per heavy atom. The summed E-state index contributed by atoms with van der Waals surface area (Å²) in [5.41, 5.74) is -0.178. The van der Waals surface area contributed by atoms with Crippen LogP contribution in [0.25, 0.3) is 0 Å². The van der Waals surface area contributed by atoms with Gasteiger partial charge < -0.3 is 10.0 Å². The van der Waals surface area contributed by atoms with Crippen LogP contribution in [0, 0.1) is 5.92 Å². The zero-order valence-electron chi connectivity index (χ0n) is 12.4. The Morgan fingerprint density at radius 3 is 2.68 bits per heavy atom. The number of carboxylic acid groups (broad SMARTS) is 1. The maximum atomic E-state index is 12.8. The van der Waals surface area contributed by atoms with Gasteiger partial charge >= 0.3 is 5.97 Å². The number of aryl methyl sites for hydroxylation is 1. The second kappa shape index (κ2) is 5.55. The van der Waals surface area contributed by atoms with E-state index in [1.165, 1.54) is 24.1 Å². The molecule has 2 aliphatic rings. The van der Waals surface area contributed by atoms with E-state index in [0.29, 0.717) is 6.42 Å². The van der Waals surface area contributed by atoms with Crippen molar-refractivity contribution < 1.29 is 14.7 Å². The van der Waals surface area contributed by atoms with E-state index in [-0.39, 0.29) is 23.2 Å². The quantitative estimate of drug-likeness (QED) is 0.865. The van der Waals surface area contributed by atoms with Crippen LogP contribution in [0.2, 0.25) is 0 Å². The molecule has 1 amide bonds. The van der Waals surface area contributed by atoms with Crippen molar-refractivity contribution in [3.05, 3.63) is 28.2 Å². The standard InChI is InChI=1S/C15H19N3O4/c1-17-13(19)7-6-10(16-17)14(20)18-11-5-3-2-4-9(11)8-12(18)15(21)22/h6-7,9,11-12H,2-5,8H2,1H3,(H,21,22)/t9-,11+,12+/m1/s1. The topological polar surface area (TPSA) is 92.5 Å². The van der Waals surface area contributed by atoms with Crippen molar-refractivity contribution in [2.75, 3.05) is 0 Å². The Morgan fingerprint density at radius 2 is 2.00 bits per heavy atom. The first-order valence-electron chi connectivity index (χ1n) is 7.59. The van der Waals surface area contributed by atoms with Gasteiger partial charge in [0.25, 0.3) is 11.5 Å². The van der Waals surface area contributed by atoms with Gasteiger partial charge in [-0.3, -0.25) is 9.59 Å². The highest BCUT2D eigenvalue weighted by Gasteiger charge is 2.48. The molecule has 7 nitrogen and oxygen atoms in total. The highest BCUT2D eigenvalue weighted by molar-refractivity contribution is 5.95. The monoisotopic (exact) mass is 305 g/mol. The van der Waals surface area contributed by atoms with Crippen LogP contribution in [0.1, 0.15) is 42.6 Å². The summed E-state index contributed by atoms with van der Waals surface area (Å²) in [7, 11) is 1.47. The van der Waals surface area contributed by atoms with Crippen molar-refractivity contribution >= 4 is 11.9 Å². The van der Waals surface area contributed by atoms with Gasteiger partial charge in [-0.1, -0.05) is 12.8 Å². The molecule has 7 heteroatoms. The molecule has 0 radical (unpaired) electrons. The van der Waals surface area contributed by atoms with Crippen LogP contribution in [0.5, 0.6) is 0 Å².